The topological polar surface area (TPSA) is 111 Å². The Morgan fingerprint density at radius 2 is 2.03 bits per heavy atom. The Bertz CT molecular complexity index is 1080. The molecule has 0 spiro atoms. The lowest BCUT2D eigenvalue weighted by Crippen LogP contribution is -2.76. The highest BCUT2D eigenvalue weighted by Crippen LogP contribution is 2.34. The van der Waals surface area contributed by atoms with Crippen LogP contribution in [-0.4, -0.2) is 49.1 Å². The number of hydrogen-bond acceptors (Lipinski definition) is 5. The number of benzene rings is 2. The first kappa shape index (κ1) is 24.3. The molecule has 5 N–H and O–H groups in total. The summed E-state index contributed by atoms with van der Waals surface area (Å²) < 4.78 is 11.1. The van der Waals surface area contributed by atoms with Gasteiger partial charge in [0.2, 0.25) is 5.70 Å². The summed E-state index contributed by atoms with van der Waals surface area (Å²) >= 11 is 5.96. The van der Waals surface area contributed by atoms with E-state index in [0.717, 1.165) is 16.7 Å². The summed E-state index contributed by atoms with van der Waals surface area (Å²) in [5.41, 5.74) is 3.68. The summed E-state index contributed by atoms with van der Waals surface area (Å²) in [5.74, 6) is 0.605. The number of halogens is 1. The number of nitrogens with zero attached hydrogens (tertiary/aromatic N) is 1. The van der Waals surface area contributed by atoms with E-state index in [1.807, 2.05) is 36.5 Å². The number of anilines is 1. The van der Waals surface area contributed by atoms with Crippen molar-refractivity contribution in [3.8, 4) is 11.5 Å². The third kappa shape index (κ3) is 6.35. The van der Waals surface area contributed by atoms with Gasteiger partial charge in [-0.3, -0.25) is 15.5 Å². The predicted octanol–water partition coefficient (Wildman–Crippen LogP) is 2.59. The highest BCUT2D eigenvalue weighted by Gasteiger charge is 2.22. The first-order valence-corrected chi connectivity index (χ1v) is 10.7. The number of ether oxygens (including phenoxy) is 2. The monoisotopic (exact) mass is 471 g/mol. The highest BCUT2D eigenvalue weighted by molar-refractivity contribution is 6.30. The first-order valence-electron chi connectivity index (χ1n) is 10.4. The van der Waals surface area contributed by atoms with Gasteiger partial charge in [-0.25, -0.2) is 0 Å². The molecular weight excluding hydrogens is 444 g/mol. The zero-order valence-electron chi connectivity index (χ0n) is 18.8. The van der Waals surface area contributed by atoms with Gasteiger partial charge < -0.3 is 24.8 Å². The fourth-order valence-corrected chi connectivity index (χ4v) is 3.37. The summed E-state index contributed by atoms with van der Waals surface area (Å²) in [5, 5.41) is 22.4. The van der Waals surface area contributed by atoms with Gasteiger partial charge in [0.25, 0.3) is 0 Å². The Balaban J connectivity index is 1.84. The molecule has 0 bridgehead atoms. The van der Waals surface area contributed by atoms with E-state index in [0.29, 0.717) is 34.5 Å². The van der Waals surface area contributed by atoms with Crippen molar-refractivity contribution in [3.63, 3.8) is 0 Å². The van der Waals surface area contributed by atoms with Crippen LogP contribution in [0.15, 0.2) is 54.4 Å². The molecule has 1 unspecified atom stereocenters. The Morgan fingerprint density at radius 3 is 2.67 bits per heavy atom. The van der Waals surface area contributed by atoms with Gasteiger partial charge in [0.15, 0.2) is 11.5 Å². The van der Waals surface area contributed by atoms with Crippen molar-refractivity contribution in [2.45, 2.75) is 19.6 Å². The fourth-order valence-electron chi connectivity index (χ4n) is 3.25. The smallest absolute Gasteiger partial charge is 0.310 e. The second-order valence-corrected chi connectivity index (χ2v) is 8.15. The Morgan fingerprint density at radius 1 is 1.30 bits per heavy atom. The lowest BCUT2D eigenvalue weighted by Gasteiger charge is -2.20. The molecule has 2 aromatic rings. The largest absolute Gasteiger partial charge is 0.493 e. The van der Waals surface area contributed by atoms with Crippen molar-refractivity contribution >= 4 is 35.1 Å². The molecule has 0 saturated carbocycles. The van der Waals surface area contributed by atoms with Gasteiger partial charge in [-0.1, -0.05) is 23.7 Å². The van der Waals surface area contributed by atoms with Crippen LogP contribution in [0.25, 0.3) is 5.57 Å². The van der Waals surface area contributed by atoms with Gasteiger partial charge in [-0.05, 0) is 36.2 Å². The van der Waals surface area contributed by atoms with E-state index in [9.17, 15) is 9.90 Å². The second-order valence-electron chi connectivity index (χ2n) is 7.71. The molecule has 1 atom stereocenters. The number of nitrogens with two attached hydrogens (primary N) is 1. The van der Waals surface area contributed by atoms with Crippen molar-refractivity contribution in [2.75, 3.05) is 26.1 Å². The quantitative estimate of drug-likeness (QED) is 0.314. The number of quaternary nitrogens is 1. The minimum atomic E-state index is -0.644. The molecule has 3 rings (SSSR count). The van der Waals surface area contributed by atoms with Crippen LogP contribution in [0.3, 0.4) is 0 Å². The summed E-state index contributed by atoms with van der Waals surface area (Å²) in [6, 6.07) is 10.9. The number of carbonyl (C=O) groups is 1. The minimum Gasteiger partial charge on any atom is -0.493 e. The Kier molecular flexibility index (Phi) is 8.11. The maximum atomic E-state index is 13.0. The van der Waals surface area contributed by atoms with Crippen molar-refractivity contribution in [2.24, 2.45) is 0 Å². The van der Waals surface area contributed by atoms with Gasteiger partial charge in [0, 0.05) is 36.3 Å². The van der Waals surface area contributed by atoms with Crippen molar-refractivity contribution in [3.05, 3.63) is 70.5 Å². The average molecular weight is 472 g/mol. The van der Waals surface area contributed by atoms with Gasteiger partial charge in [0.1, 0.15) is 12.8 Å². The lowest BCUT2D eigenvalue weighted by molar-refractivity contribution is -0.523. The number of carbonyl (C=O) groups excluding carboxylic acids is 1. The van der Waals surface area contributed by atoms with E-state index in [2.05, 4.69) is 5.32 Å². The molecule has 8 nitrogen and oxygen atoms in total. The van der Waals surface area contributed by atoms with E-state index >= 15 is 0 Å². The maximum Gasteiger partial charge on any atom is 0.310 e. The molecule has 1 aliphatic heterocycles. The molecule has 174 valence electrons. The number of nitrogens with one attached hydrogen (secondary N) is 2. The molecular formula is C24H28ClN4O4+. The van der Waals surface area contributed by atoms with Gasteiger partial charge >= 0.3 is 5.91 Å². The van der Waals surface area contributed by atoms with Crippen LogP contribution >= 0.6 is 11.6 Å². The van der Waals surface area contributed by atoms with Crippen molar-refractivity contribution < 1.29 is 24.7 Å². The SMILES string of the molecule is COc1cc(NC(=O)C2=CC(c3ccc(Cl)cc3)=C[NH2+]2)c(CN(C)C=N)cc1OCC(C)O. The lowest BCUT2D eigenvalue weighted by atomic mass is 10.1. The molecule has 9 heteroatoms. The standard InChI is InChI=1S/C24H27ClN4O4/c1-15(30)13-33-23-9-18(12-29(2)14-26)20(10-22(23)32-3)28-24(31)21-8-17(11-27-21)16-4-6-19(25)7-5-16/h4-11,14-15,26-27,30H,12-13H2,1-3H3,(H,28,31)/p+1. The van der Waals surface area contributed by atoms with Gasteiger partial charge in [-0.15, -0.1) is 0 Å². The third-order valence-corrected chi connectivity index (χ3v) is 5.20. The molecule has 1 amide bonds. The number of rotatable bonds is 10. The normalized spacial score (nSPS) is 13.6. The summed E-state index contributed by atoms with van der Waals surface area (Å²) in [7, 11) is 3.27. The van der Waals surface area contributed by atoms with E-state index in [1.54, 1.807) is 36.3 Å². The van der Waals surface area contributed by atoms with Gasteiger partial charge in [0.05, 0.1) is 25.2 Å². The number of amides is 1. The van der Waals surface area contributed by atoms with Crippen LogP contribution in [0.2, 0.25) is 5.02 Å². The second kappa shape index (κ2) is 11.0. The number of aliphatic hydroxyl groups excluding tert-OH is 1. The molecule has 0 aliphatic carbocycles. The van der Waals surface area contributed by atoms with E-state index < -0.39 is 6.10 Å². The first-order chi connectivity index (χ1) is 15.8. The predicted molar refractivity (Wildman–Crippen MR) is 128 cm³/mol. The zero-order valence-corrected chi connectivity index (χ0v) is 19.5. The highest BCUT2D eigenvalue weighted by atomic mass is 35.5. The Labute approximate surface area is 198 Å². The van der Waals surface area contributed by atoms with Crippen LogP contribution in [0, 0.1) is 5.41 Å². The van der Waals surface area contributed by atoms with E-state index in [1.165, 1.54) is 13.4 Å². The average Bonchev–Trinajstić information content (AvgIpc) is 3.29. The number of aliphatic hydroxyl groups is 1. The van der Waals surface area contributed by atoms with Crippen LogP contribution in [-0.2, 0) is 11.3 Å². The number of allylic oxidation sites excluding steroid dienone is 2. The third-order valence-electron chi connectivity index (χ3n) is 4.95. The fraction of sp³-hybridized carbons (Fsp3) is 0.250. The van der Waals surface area contributed by atoms with Crippen molar-refractivity contribution in [1.29, 1.82) is 5.41 Å². The van der Waals surface area contributed by atoms with Crippen LogP contribution in [0.4, 0.5) is 5.69 Å². The van der Waals surface area contributed by atoms with Gasteiger partial charge in [-0.2, -0.15) is 0 Å². The molecule has 1 heterocycles. The molecule has 0 aromatic heterocycles. The molecule has 0 fully saturated rings. The van der Waals surface area contributed by atoms with Crippen LogP contribution < -0.4 is 20.1 Å². The zero-order chi connectivity index (χ0) is 24.0. The molecule has 2 aromatic carbocycles. The van der Waals surface area contributed by atoms with Crippen molar-refractivity contribution in [1.82, 2.24) is 4.90 Å². The van der Waals surface area contributed by atoms with Crippen LogP contribution in [0.1, 0.15) is 18.1 Å². The number of hydrogen-bond donors (Lipinski definition) is 4. The Hall–Kier alpha value is -3.33. The van der Waals surface area contributed by atoms with E-state index in [4.69, 9.17) is 26.5 Å². The van der Waals surface area contributed by atoms with Crippen LogP contribution in [0.5, 0.6) is 11.5 Å². The molecule has 0 saturated heterocycles. The maximum absolute atomic E-state index is 13.0. The number of methoxy groups -OCH3 is 1. The van der Waals surface area contributed by atoms with E-state index in [-0.39, 0.29) is 12.5 Å². The minimum absolute atomic E-state index is 0.100. The summed E-state index contributed by atoms with van der Waals surface area (Å²) in [6.07, 6.45) is 4.25. The molecule has 0 radical (unpaired) electrons. The molecule has 33 heavy (non-hydrogen) atoms. The summed E-state index contributed by atoms with van der Waals surface area (Å²) in [6.45, 7) is 2.09. The summed E-state index contributed by atoms with van der Waals surface area (Å²) in [4.78, 5) is 14.7. The molecule has 1 aliphatic rings.